The lowest BCUT2D eigenvalue weighted by molar-refractivity contribution is -0.152. The van der Waals surface area contributed by atoms with Gasteiger partial charge in [-0.25, -0.2) is 4.79 Å². The number of hydrogen-bond donors (Lipinski definition) is 2. The number of carboxylic acid groups (broad SMARTS) is 1. The van der Waals surface area contributed by atoms with Gasteiger partial charge in [0, 0.05) is 0 Å². The Morgan fingerprint density at radius 2 is 1.80 bits per heavy atom. The van der Waals surface area contributed by atoms with Crippen LogP contribution in [0.1, 0.15) is 6.92 Å². The van der Waals surface area contributed by atoms with Crippen molar-refractivity contribution in [2.45, 2.75) is 6.92 Å². The maximum Gasteiger partial charge on any atom is 0.373 e. The number of aliphatic carboxylic acids is 1. The van der Waals surface area contributed by atoms with E-state index < -0.39 is 23.6 Å². The summed E-state index contributed by atoms with van der Waals surface area (Å²) in [6.07, 6.45) is 0. The lowest BCUT2D eigenvalue weighted by Gasteiger charge is -1.99. The zero-order valence-electron chi connectivity index (χ0n) is 5.33. The molecule has 56 valence electrons. The van der Waals surface area contributed by atoms with Gasteiger partial charge in [-0.15, -0.1) is 0 Å². The van der Waals surface area contributed by atoms with Crippen LogP contribution in [-0.2, 0) is 14.4 Å². The van der Waals surface area contributed by atoms with Crippen molar-refractivity contribution in [2.24, 2.45) is 11.7 Å². The van der Waals surface area contributed by atoms with Gasteiger partial charge in [0.2, 0.25) is 5.91 Å². The largest absolute Gasteiger partial charge is 0.475 e. The van der Waals surface area contributed by atoms with Crippen LogP contribution < -0.4 is 5.73 Å². The van der Waals surface area contributed by atoms with Crippen LogP contribution in [0.3, 0.4) is 0 Å². The number of primary amides is 1. The number of nitrogens with two attached hydrogens (primary N) is 1. The van der Waals surface area contributed by atoms with E-state index in [0.29, 0.717) is 0 Å². The number of carbonyl (C=O) groups excluding carboxylic acids is 2. The Bertz CT molecular complexity index is 186. The number of carbonyl (C=O) groups is 3. The summed E-state index contributed by atoms with van der Waals surface area (Å²) in [6, 6.07) is 0. The molecule has 3 N–H and O–H groups in total. The van der Waals surface area contributed by atoms with Gasteiger partial charge >= 0.3 is 5.97 Å². The molecule has 5 heteroatoms. The highest BCUT2D eigenvalue weighted by molar-refractivity contribution is 6.37. The van der Waals surface area contributed by atoms with Crippen molar-refractivity contribution >= 4 is 17.7 Å². The Labute approximate surface area is 56.8 Å². The fourth-order valence-corrected chi connectivity index (χ4v) is 0.314. The van der Waals surface area contributed by atoms with E-state index in [1.165, 1.54) is 0 Å². The zero-order chi connectivity index (χ0) is 8.31. The van der Waals surface area contributed by atoms with Gasteiger partial charge in [0.15, 0.2) is 0 Å². The Morgan fingerprint density at radius 3 is 1.90 bits per heavy atom. The number of ketones is 1. The lowest BCUT2D eigenvalue weighted by atomic mass is 10.1. The van der Waals surface area contributed by atoms with E-state index >= 15 is 0 Å². The average molecular weight is 145 g/mol. The molecule has 10 heavy (non-hydrogen) atoms. The number of carboxylic acids is 1. The highest BCUT2D eigenvalue weighted by atomic mass is 16.4. The number of Topliss-reactive ketones (excluding diaryl/α,β-unsaturated/α-hetero) is 1. The van der Waals surface area contributed by atoms with Crippen LogP contribution in [0.25, 0.3) is 0 Å². The van der Waals surface area contributed by atoms with Gasteiger partial charge in [-0.05, 0) is 6.92 Å². The third kappa shape index (κ3) is 1.85. The third-order valence-electron chi connectivity index (χ3n) is 1.03. The molecule has 0 aliphatic heterocycles. The van der Waals surface area contributed by atoms with Gasteiger partial charge in [-0.3, -0.25) is 9.59 Å². The molecule has 1 amide bonds. The lowest BCUT2D eigenvalue weighted by Crippen LogP contribution is -2.32. The molecular weight excluding hydrogens is 138 g/mol. The highest BCUT2D eigenvalue weighted by Crippen LogP contribution is 1.94. The Balaban J connectivity index is 4.22. The molecule has 5 nitrogen and oxygen atoms in total. The minimum absolute atomic E-state index is 0.924. The molecule has 0 heterocycles. The molecule has 1 unspecified atom stereocenters. The standard InChI is InChI=1S/C5H7NO4/c1-2(4(6)8)3(7)5(9)10/h2H,1H3,(H2,6,8)(H,9,10). The van der Waals surface area contributed by atoms with Crippen LogP contribution >= 0.6 is 0 Å². The van der Waals surface area contributed by atoms with Crippen LogP contribution in [0.5, 0.6) is 0 Å². The molecule has 0 rings (SSSR count). The smallest absolute Gasteiger partial charge is 0.373 e. The van der Waals surface area contributed by atoms with E-state index in [-0.39, 0.29) is 0 Å². The summed E-state index contributed by atoms with van der Waals surface area (Å²) in [6.45, 7) is 1.15. The van der Waals surface area contributed by atoms with Crippen molar-refractivity contribution in [3.63, 3.8) is 0 Å². The summed E-state index contributed by atoms with van der Waals surface area (Å²) in [5.74, 6) is -4.97. The van der Waals surface area contributed by atoms with Crippen molar-refractivity contribution in [1.82, 2.24) is 0 Å². The minimum atomic E-state index is -1.63. The summed E-state index contributed by atoms with van der Waals surface area (Å²) in [5, 5.41) is 8.04. The molecule has 0 aromatic rings. The van der Waals surface area contributed by atoms with E-state index in [4.69, 9.17) is 5.11 Å². The first kappa shape index (κ1) is 8.61. The van der Waals surface area contributed by atoms with Crippen molar-refractivity contribution < 1.29 is 19.5 Å². The van der Waals surface area contributed by atoms with Crippen LogP contribution in [-0.4, -0.2) is 22.8 Å². The average Bonchev–Trinajstić information content (AvgIpc) is 1.84. The first-order valence-electron chi connectivity index (χ1n) is 2.53. The van der Waals surface area contributed by atoms with E-state index in [1.54, 1.807) is 0 Å². The fourth-order valence-electron chi connectivity index (χ4n) is 0.314. The number of rotatable bonds is 3. The van der Waals surface area contributed by atoms with Crippen LogP contribution in [0, 0.1) is 5.92 Å². The van der Waals surface area contributed by atoms with Gasteiger partial charge in [-0.2, -0.15) is 0 Å². The second-order valence-corrected chi connectivity index (χ2v) is 1.79. The number of hydrogen-bond acceptors (Lipinski definition) is 3. The summed E-state index contributed by atoms with van der Waals surface area (Å²) >= 11 is 0. The van der Waals surface area contributed by atoms with Gasteiger partial charge < -0.3 is 10.8 Å². The van der Waals surface area contributed by atoms with Crippen LogP contribution in [0.15, 0.2) is 0 Å². The normalized spacial score (nSPS) is 12.1. The monoisotopic (exact) mass is 145 g/mol. The Kier molecular flexibility index (Phi) is 2.54. The van der Waals surface area contributed by atoms with Crippen LogP contribution in [0.4, 0.5) is 0 Å². The zero-order valence-corrected chi connectivity index (χ0v) is 5.33. The summed E-state index contributed by atoms with van der Waals surface area (Å²) in [7, 11) is 0. The van der Waals surface area contributed by atoms with E-state index in [9.17, 15) is 14.4 Å². The first-order chi connectivity index (χ1) is 4.46. The van der Waals surface area contributed by atoms with Gasteiger partial charge in [0.05, 0.1) is 0 Å². The first-order valence-corrected chi connectivity index (χ1v) is 2.53. The minimum Gasteiger partial charge on any atom is -0.475 e. The molecule has 0 aliphatic rings. The SMILES string of the molecule is CC(C(N)=O)C(=O)C(=O)O. The van der Waals surface area contributed by atoms with Crippen molar-refractivity contribution in [1.29, 1.82) is 0 Å². The van der Waals surface area contributed by atoms with Gasteiger partial charge in [0.25, 0.3) is 5.78 Å². The molecule has 0 radical (unpaired) electrons. The Morgan fingerprint density at radius 1 is 1.40 bits per heavy atom. The predicted octanol–water partition coefficient (Wildman–Crippen LogP) is -1.24. The fraction of sp³-hybridized carbons (Fsp3) is 0.400. The molecule has 0 aromatic heterocycles. The van der Waals surface area contributed by atoms with Crippen molar-refractivity contribution in [2.75, 3.05) is 0 Å². The molecule has 0 saturated carbocycles. The van der Waals surface area contributed by atoms with Gasteiger partial charge in [0.1, 0.15) is 5.92 Å². The summed E-state index contributed by atoms with van der Waals surface area (Å²) < 4.78 is 0. The van der Waals surface area contributed by atoms with Crippen molar-refractivity contribution in [3.05, 3.63) is 0 Å². The molecule has 0 bridgehead atoms. The molecule has 0 fully saturated rings. The molecular formula is C5H7NO4. The molecule has 0 spiro atoms. The van der Waals surface area contributed by atoms with E-state index in [0.717, 1.165) is 6.92 Å². The van der Waals surface area contributed by atoms with Crippen molar-refractivity contribution in [3.8, 4) is 0 Å². The summed E-state index contributed by atoms with van der Waals surface area (Å²) in [4.78, 5) is 30.5. The quantitative estimate of drug-likeness (QED) is 0.383. The predicted molar refractivity (Wildman–Crippen MR) is 31.0 cm³/mol. The molecule has 0 aliphatic carbocycles. The maximum absolute atomic E-state index is 10.4. The highest BCUT2D eigenvalue weighted by Gasteiger charge is 2.24. The Hall–Kier alpha value is -1.39. The second kappa shape index (κ2) is 2.95. The second-order valence-electron chi connectivity index (χ2n) is 1.79. The van der Waals surface area contributed by atoms with E-state index in [2.05, 4.69) is 5.73 Å². The third-order valence-corrected chi connectivity index (χ3v) is 1.03. The van der Waals surface area contributed by atoms with Gasteiger partial charge in [-0.1, -0.05) is 0 Å². The topological polar surface area (TPSA) is 97.5 Å². The molecule has 1 atom stereocenters. The summed E-state index contributed by atoms with van der Waals surface area (Å²) in [5.41, 5.74) is 4.65. The molecule has 0 aromatic carbocycles. The van der Waals surface area contributed by atoms with Crippen LogP contribution in [0.2, 0.25) is 0 Å². The maximum atomic E-state index is 10.4. The number of amides is 1. The molecule has 0 saturated heterocycles. The van der Waals surface area contributed by atoms with E-state index in [1.807, 2.05) is 0 Å².